The van der Waals surface area contributed by atoms with Crippen molar-refractivity contribution in [2.75, 3.05) is 17.6 Å². The zero-order chi connectivity index (χ0) is 15.6. The van der Waals surface area contributed by atoms with Gasteiger partial charge in [0.25, 0.3) is 10.0 Å². The van der Waals surface area contributed by atoms with Crippen LogP contribution in [0.4, 0.5) is 11.4 Å². The number of nitrogens with one attached hydrogen (secondary N) is 1. The van der Waals surface area contributed by atoms with Crippen molar-refractivity contribution < 1.29 is 13.2 Å². The lowest BCUT2D eigenvalue weighted by atomic mass is 10.1. The highest BCUT2D eigenvalue weighted by Crippen LogP contribution is 2.25. The molecular weight excluding hydrogens is 288 g/mol. The number of nitrogens with two attached hydrogens (primary N) is 1. The Morgan fingerprint density at radius 3 is 2.29 bits per heavy atom. The van der Waals surface area contributed by atoms with Gasteiger partial charge in [-0.05, 0) is 61.4 Å². The summed E-state index contributed by atoms with van der Waals surface area (Å²) in [6.07, 6.45) is 0. The van der Waals surface area contributed by atoms with Gasteiger partial charge in [0.2, 0.25) is 0 Å². The Bertz CT molecular complexity index is 753. The van der Waals surface area contributed by atoms with Crippen molar-refractivity contribution in [3.63, 3.8) is 0 Å². The molecule has 0 spiro atoms. The van der Waals surface area contributed by atoms with Gasteiger partial charge in [0.1, 0.15) is 5.75 Å². The number of nitrogen functional groups attached to an aromatic ring is 1. The van der Waals surface area contributed by atoms with Crippen LogP contribution in [-0.2, 0) is 10.0 Å². The lowest BCUT2D eigenvalue weighted by Crippen LogP contribution is -2.15. The molecule has 0 amide bonds. The highest BCUT2D eigenvalue weighted by molar-refractivity contribution is 7.92. The first-order valence-electron chi connectivity index (χ1n) is 6.37. The predicted octanol–water partition coefficient (Wildman–Crippen LogP) is 2.70. The first kappa shape index (κ1) is 15.2. The number of aryl methyl sites for hydroxylation is 1. The van der Waals surface area contributed by atoms with Crippen molar-refractivity contribution in [1.82, 2.24) is 0 Å². The van der Waals surface area contributed by atoms with Crippen molar-refractivity contribution >= 4 is 21.4 Å². The zero-order valence-corrected chi connectivity index (χ0v) is 13.0. The van der Waals surface area contributed by atoms with Crippen LogP contribution >= 0.6 is 0 Å². The van der Waals surface area contributed by atoms with Crippen LogP contribution in [0.2, 0.25) is 0 Å². The van der Waals surface area contributed by atoms with E-state index in [1.807, 2.05) is 6.92 Å². The normalized spacial score (nSPS) is 11.2. The van der Waals surface area contributed by atoms with Crippen molar-refractivity contribution in [2.24, 2.45) is 0 Å². The van der Waals surface area contributed by atoms with E-state index in [1.165, 1.54) is 0 Å². The first-order chi connectivity index (χ1) is 9.83. The molecule has 0 fully saturated rings. The molecule has 0 saturated heterocycles. The maximum absolute atomic E-state index is 12.5. The number of methoxy groups -OCH3 is 1. The predicted molar refractivity (Wildman–Crippen MR) is 84.1 cm³/mol. The molecule has 0 bridgehead atoms. The van der Waals surface area contributed by atoms with Gasteiger partial charge in [-0.25, -0.2) is 8.42 Å². The summed E-state index contributed by atoms with van der Waals surface area (Å²) in [7, 11) is -2.13. The maximum atomic E-state index is 12.5. The molecule has 0 unspecified atom stereocenters. The molecule has 112 valence electrons. The van der Waals surface area contributed by atoms with E-state index in [-0.39, 0.29) is 4.90 Å². The number of hydrogen-bond donors (Lipinski definition) is 2. The summed E-state index contributed by atoms with van der Waals surface area (Å²) >= 11 is 0. The van der Waals surface area contributed by atoms with Gasteiger partial charge in [-0.1, -0.05) is 0 Å². The minimum absolute atomic E-state index is 0.191. The number of benzene rings is 2. The van der Waals surface area contributed by atoms with E-state index in [4.69, 9.17) is 10.5 Å². The standard InChI is InChI=1S/C15H18N2O3S/c1-10-8-14(16)11(2)15(9-10)21(18,19)17-12-4-6-13(20-3)7-5-12/h4-9,17H,16H2,1-3H3. The molecule has 2 aromatic carbocycles. The van der Waals surface area contributed by atoms with Gasteiger partial charge in [-0.2, -0.15) is 0 Å². The average molecular weight is 306 g/mol. The Morgan fingerprint density at radius 1 is 1.10 bits per heavy atom. The molecule has 0 aliphatic heterocycles. The van der Waals surface area contributed by atoms with Crippen LogP contribution in [0.25, 0.3) is 0 Å². The van der Waals surface area contributed by atoms with Crippen LogP contribution in [0.15, 0.2) is 41.3 Å². The summed E-state index contributed by atoms with van der Waals surface area (Å²) in [6, 6.07) is 10.0. The number of sulfonamides is 1. The average Bonchev–Trinajstić information content (AvgIpc) is 2.43. The maximum Gasteiger partial charge on any atom is 0.262 e. The number of hydrogen-bond acceptors (Lipinski definition) is 4. The van der Waals surface area contributed by atoms with Gasteiger partial charge in [-0.3, -0.25) is 4.72 Å². The lowest BCUT2D eigenvalue weighted by Gasteiger charge is -2.13. The molecule has 0 aliphatic rings. The molecule has 0 aromatic heterocycles. The summed E-state index contributed by atoms with van der Waals surface area (Å²) in [5.74, 6) is 0.661. The van der Waals surface area contributed by atoms with Crippen LogP contribution < -0.4 is 15.2 Å². The molecule has 2 rings (SSSR count). The highest BCUT2D eigenvalue weighted by Gasteiger charge is 2.19. The Balaban J connectivity index is 2.38. The molecule has 21 heavy (non-hydrogen) atoms. The van der Waals surface area contributed by atoms with Gasteiger partial charge in [0, 0.05) is 11.4 Å². The van der Waals surface area contributed by atoms with Crippen LogP contribution in [0.3, 0.4) is 0 Å². The minimum atomic E-state index is -3.68. The molecule has 0 radical (unpaired) electrons. The quantitative estimate of drug-likeness (QED) is 0.851. The van der Waals surface area contributed by atoms with Crippen molar-refractivity contribution in [1.29, 1.82) is 0 Å². The van der Waals surface area contributed by atoms with Crippen LogP contribution in [0.1, 0.15) is 11.1 Å². The second-order valence-electron chi connectivity index (χ2n) is 4.81. The fraction of sp³-hybridized carbons (Fsp3) is 0.200. The SMILES string of the molecule is COc1ccc(NS(=O)(=O)c2cc(C)cc(N)c2C)cc1. The molecule has 0 aliphatic carbocycles. The van der Waals surface area contributed by atoms with Crippen molar-refractivity contribution in [2.45, 2.75) is 18.7 Å². The van der Waals surface area contributed by atoms with Crippen molar-refractivity contribution in [3.8, 4) is 5.75 Å². The molecule has 5 nitrogen and oxygen atoms in total. The zero-order valence-electron chi connectivity index (χ0n) is 12.2. The topological polar surface area (TPSA) is 81.4 Å². The van der Waals surface area contributed by atoms with Crippen LogP contribution in [0, 0.1) is 13.8 Å². The lowest BCUT2D eigenvalue weighted by molar-refractivity contribution is 0.415. The van der Waals surface area contributed by atoms with E-state index in [2.05, 4.69) is 4.72 Å². The second kappa shape index (κ2) is 5.65. The molecular formula is C15H18N2O3S. The smallest absolute Gasteiger partial charge is 0.262 e. The summed E-state index contributed by atoms with van der Waals surface area (Å²) in [5, 5.41) is 0. The summed E-state index contributed by atoms with van der Waals surface area (Å²) in [6.45, 7) is 3.50. The Kier molecular flexibility index (Phi) is 4.09. The van der Waals surface area contributed by atoms with Crippen molar-refractivity contribution in [3.05, 3.63) is 47.5 Å². The van der Waals surface area contributed by atoms with E-state index in [0.29, 0.717) is 22.7 Å². The molecule has 0 heterocycles. The molecule has 0 saturated carbocycles. The third-order valence-corrected chi connectivity index (χ3v) is 4.68. The Morgan fingerprint density at radius 2 is 1.71 bits per heavy atom. The minimum Gasteiger partial charge on any atom is -0.497 e. The molecule has 3 N–H and O–H groups in total. The third kappa shape index (κ3) is 3.28. The second-order valence-corrected chi connectivity index (χ2v) is 6.46. The largest absolute Gasteiger partial charge is 0.497 e. The van der Waals surface area contributed by atoms with Gasteiger partial charge in [0.15, 0.2) is 0 Å². The Labute approximate surface area is 124 Å². The monoisotopic (exact) mass is 306 g/mol. The van der Waals surface area contributed by atoms with E-state index in [0.717, 1.165) is 5.56 Å². The van der Waals surface area contributed by atoms with Gasteiger partial charge >= 0.3 is 0 Å². The van der Waals surface area contributed by atoms with Gasteiger partial charge in [-0.15, -0.1) is 0 Å². The molecule has 0 atom stereocenters. The summed E-state index contributed by atoms with van der Waals surface area (Å²) < 4.78 is 32.5. The Hall–Kier alpha value is -2.21. The summed E-state index contributed by atoms with van der Waals surface area (Å²) in [4.78, 5) is 0.191. The van der Waals surface area contributed by atoms with E-state index in [9.17, 15) is 8.42 Å². The first-order valence-corrected chi connectivity index (χ1v) is 7.85. The number of ether oxygens (including phenoxy) is 1. The molecule has 2 aromatic rings. The van der Waals surface area contributed by atoms with E-state index in [1.54, 1.807) is 50.4 Å². The molecule has 6 heteroatoms. The number of anilines is 2. The fourth-order valence-corrected chi connectivity index (χ4v) is 3.42. The van der Waals surface area contributed by atoms with Crippen LogP contribution in [0.5, 0.6) is 5.75 Å². The highest BCUT2D eigenvalue weighted by atomic mass is 32.2. The van der Waals surface area contributed by atoms with E-state index < -0.39 is 10.0 Å². The van der Waals surface area contributed by atoms with Crippen LogP contribution in [-0.4, -0.2) is 15.5 Å². The third-order valence-electron chi connectivity index (χ3n) is 3.18. The van der Waals surface area contributed by atoms with Gasteiger partial charge in [0.05, 0.1) is 12.0 Å². The van der Waals surface area contributed by atoms with E-state index >= 15 is 0 Å². The van der Waals surface area contributed by atoms with Gasteiger partial charge < -0.3 is 10.5 Å². The number of rotatable bonds is 4. The summed E-state index contributed by atoms with van der Waals surface area (Å²) in [5.41, 5.74) is 8.11. The fourth-order valence-electron chi connectivity index (χ4n) is 2.00.